The van der Waals surface area contributed by atoms with E-state index >= 15 is 0 Å². The third-order valence-corrected chi connectivity index (χ3v) is 7.97. The molecule has 1 saturated heterocycles. The van der Waals surface area contributed by atoms with Gasteiger partial charge in [0.05, 0.1) is 12.1 Å². The third-order valence-electron chi connectivity index (χ3n) is 7.97. The molecule has 1 amide bonds. The van der Waals surface area contributed by atoms with Gasteiger partial charge in [0, 0.05) is 39.1 Å². The molecule has 2 fully saturated rings. The van der Waals surface area contributed by atoms with Gasteiger partial charge in [0.2, 0.25) is 5.91 Å². The number of fused-ring (bicyclic) bond motifs is 1. The van der Waals surface area contributed by atoms with Crippen LogP contribution in [0.1, 0.15) is 30.4 Å². The van der Waals surface area contributed by atoms with Gasteiger partial charge in [-0.1, -0.05) is 48.5 Å². The van der Waals surface area contributed by atoms with Crippen LogP contribution in [0.2, 0.25) is 0 Å². The highest BCUT2D eigenvalue weighted by Crippen LogP contribution is 2.33. The van der Waals surface area contributed by atoms with Crippen LogP contribution in [0, 0.1) is 11.3 Å². The normalized spacial score (nSPS) is 26.6. The number of carbonyl (C=O) groups excluding carboxylic acids is 1. The molecule has 194 valence electrons. The van der Waals surface area contributed by atoms with E-state index in [9.17, 15) is 10.1 Å². The number of nitrogens with one attached hydrogen (secondary N) is 1. The summed E-state index contributed by atoms with van der Waals surface area (Å²) in [4.78, 5) is 22.3. The first-order valence-electron chi connectivity index (χ1n) is 13.2. The molecule has 3 unspecified atom stereocenters. The fourth-order valence-corrected chi connectivity index (χ4v) is 5.58. The summed E-state index contributed by atoms with van der Waals surface area (Å²) in [6.07, 6.45) is 3.54. The van der Waals surface area contributed by atoms with E-state index in [1.54, 1.807) is 0 Å². The lowest BCUT2D eigenvalue weighted by atomic mass is 9.76. The maximum Gasteiger partial charge on any atom is 0.245 e. The van der Waals surface area contributed by atoms with Gasteiger partial charge >= 0.3 is 0 Å². The molecule has 0 spiro atoms. The van der Waals surface area contributed by atoms with Crippen molar-refractivity contribution in [3.05, 3.63) is 59.7 Å². The Hall–Kier alpha value is -3.25. The molecule has 2 aromatic carbocycles. The number of hydrogen-bond donors (Lipinski definition) is 2. The number of nitriles is 1. The molecule has 2 heterocycles. The van der Waals surface area contributed by atoms with Gasteiger partial charge in [-0.3, -0.25) is 14.7 Å². The van der Waals surface area contributed by atoms with Crippen molar-refractivity contribution < 1.29 is 9.53 Å². The van der Waals surface area contributed by atoms with E-state index in [0.717, 1.165) is 62.3 Å². The summed E-state index contributed by atoms with van der Waals surface area (Å²) in [5.41, 5.74) is 9.93. The van der Waals surface area contributed by atoms with Crippen LogP contribution in [0.15, 0.2) is 53.5 Å². The summed E-state index contributed by atoms with van der Waals surface area (Å²) in [5.74, 6) is -0.340. The van der Waals surface area contributed by atoms with Gasteiger partial charge in [-0.25, -0.2) is 0 Å². The Morgan fingerprint density at radius 2 is 1.78 bits per heavy atom. The van der Waals surface area contributed by atoms with Gasteiger partial charge in [-0.2, -0.15) is 5.26 Å². The van der Waals surface area contributed by atoms with E-state index in [2.05, 4.69) is 69.6 Å². The van der Waals surface area contributed by atoms with E-state index in [1.165, 1.54) is 12.0 Å². The van der Waals surface area contributed by atoms with Crippen molar-refractivity contribution >= 4 is 12.3 Å². The molecule has 8 nitrogen and oxygen atoms in total. The predicted octanol–water partition coefficient (Wildman–Crippen LogP) is 2.33. The van der Waals surface area contributed by atoms with Crippen molar-refractivity contribution in [2.24, 2.45) is 10.7 Å². The van der Waals surface area contributed by atoms with E-state index in [-0.39, 0.29) is 11.9 Å². The van der Waals surface area contributed by atoms with Crippen molar-refractivity contribution in [1.82, 2.24) is 15.1 Å². The Bertz CT molecular complexity index is 1150. The van der Waals surface area contributed by atoms with Gasteiger partial charge in [0.1, 0.15) is 17.7 Å². The number of nitrogens with two attached hydrogens (primary N) is 1. The SMILES string of the molecule is CN1CCN(Cc2ccc(-c3ccc(C[C@@H](C#N)NC(=O)C4(N)CCCC5N=COC54)cc3)cc2)CC1. The quantitative estimate of drug-likeness (QED) is 0.604. The summed E-state index contributed by atoms with van der Waals surface area (Å²) in [6.45, 7) is 5.45. The van der Waals surface area contributed by atoms with E-state index in [1.807, 2.05) is 12.1 Å². The maximum atomic E-state index is 13.1. The zero-order valence-corrected chi connectivity index (χ0v) is 21.5. The lowest BCUT2D eigenvalue weighted by molar-refractivity contribution is -0.132. The van der Waals surface area contributed by atoms with E-state index < -0.39 is 17.7 Å². The third kappa shape index (κ3) is 5.69. The summed E-state index contributed by atoms with van der Waals surface area (Å²) in [6, 6.07) is 18.4. The first kappa shape index (κ1) is 25.4. The molecule has 2 aliphatic heterocycles. The number of benzene rings is 2. The first-order chi connectivity index (χ1) is 17.9. The second kappa shape index (κ2) is 11.0. The molecule has 3 aliphatic rings. The van der Waals surface area contributed by atoms with E-state index in [4.69, 9.17) is 10.5 Å². The van der Waals surface area contributed by atoms with Crippen LogP contribution in [0.25, 0.3) is 11.1 Å². The number of piperazine rings is 1. The largest absolute Gasteiger partial charge is 0.476 e. The summed E-state index contributed by atoms with van der Waals surface area (Å²) < 4.78 is 5.57. The number of carbonyl (C=O) groups is 1. The van der Waals surface area contributed by atoms with Crippen molar-refractivity contribution in [2.45, 2.75) is 56.0 Å². The zero-order chi connectivity index (χ0) is 25.8. The highest BCUT2D eigenvalue weighted by Gasteiger charge is 2.51. The number of ether oxygens (including phenoxy) is 1. The number of amides is 1. The van der Waals surface area contributed by atoms with Crippen LogP contribution in [0.4, 0.5) is 0 Å². The number of likely N-dealkylation sites (N-methyl/N-ethyl adjacent to an activating group) is 1. The molecular weight excluding hydrogens is 464 g/mol. The summed E-state index contributed by atoms with van der Waals surface area (Å²) in [5, 5.41) is 12.6. The van der Waals surface area contributed by atoms with Gasteiger partial charge in [0.15, 0.2) is 6.40 Å². The Balaban J connectivity index is 1.17. The van der Waals surface area contributed by atoms with Crippen LogP contribution in [0.3, 0.4) is 0 Å². The lowest BCUT2D eigenvalue weighted by Crippen LogP contribution is -2.66. The number of nitrogens with zero attached hydrogens (tertiary/aromatic N) is 4. The molecule has 4 atom stereocenters. The number of rotatable bonds is 7. The summed E-state index contributed by atoms with van der Waals surface area (Å²) in [7, 11) is 2.18. The molecule has 1 saturated carbocycles. The molecule has 5 rings (SSSR count). The highest BCUT2D eigenvalue weighted by atomic mass is 16.5. The van der Waals surface area contributed by atoms with Gasteiger partial charge in [-0.15, -0.1) is 0 Å². The monoisotopic (exact) mass is 500 g/mol. The smallest absolute Gasteiger partial charge is 0.245 e. The second-order valence-electron chi connectivity index (χ2n) is 10.6. The molecular formula is C29H36N6O2. The van der Waals surface area contributed by atoms with Crippen LogP contribution in [0.5, 0.6) is 0 Å². The Kier molecular flexibility index (Phi) is 7.56. The zero-order valence-electron chi connectivity index (χ0n) is 21.5. The molecule has 8 heteroatoms. The molecule has 0 aromatic heterocycles. The minimum atomic E-state index is -1.17. The minimum Gasteiger partial charge on any atom is -0.476 e. The molecule has 0 radical (unpaired) electrons. The van der Waals surface area contributed by atoms with Crippen molar-refractivity contribution in [3.8, 4) is 17.2 Å². The van der Waals surface area contributed by atoms with Crippen LogP contribution < -0.4 is 11.1 Å². The second-order valence-corrected chi connectivity index (χ2v) is 10.6. The first-order valence-corrected chi connectivity index (χ1v) is 13.2. The average Bonchev–Trinajstić information content (AvgIpc) is 3.41. The lowest BCUT2D eigenvalue weighted by Gasteiger charge is -2.39. The predicted molar refractivity (Wildman–Crippen MR) is 144 cm³/mol. The number of aliphatic imine (C=N–C) groups is 1. The van der Waals surface area contributed by atoms with Crippen LogP contribution in [-0.4, -0.2) is 79.1 Å². The molecule has 37 heavy (non-hydrogen) atoms. The topological polar surface area (TPSA) is 107 Å². The molecule has 0 bridgehead atoms. The van der Waals surface area contributed by atoms with Crippen LogP contribution in [-0.2, 0) is 22.5 Å². The molecule has 2 aromatic rings. The van der Waals surface area contributed by atoms with Crippen molar-refractivity contribution in [1.29, 1.82) is 5.26 Å². The maximum absolute atomic E-state index is 13.1. The standard InChI is InChI=1S/C29H36N6O2/c1-34-13-15-35(16-14-34)19-22-6-10-24(11-7-22)23-8-4-21(5-9-23)17-25(18-30)33-28(36)29(31)12-2-3-26-27(29)37-20-32-26/h4-11,20,25-27H,2-3,12-17,19,31H2,1H3,(H,33,36)/t25-,26?,27?,29?/m0/s1. The Morgan fingerprint density at radius 3 is 2.43 bits per heavy atom. The Labute approximate surface area is 219 Å². The van der Waals surface area contributed by atoms with Crippen molar-refractivity contribution in [3.63, 3.8) is 0 Å². The van der Waals surface area contributed by atoms with Gasteiger partial charge in [-0.05, 0) is 48.6 Å². The van der Waals surface area contributed by atoms with E-state index in [0.29, 0.717) is 12.8 Å². The fourth-order valence-electron chi connectivity index (χ4n) is 5.58. The van der Waals surface area contributed by atoms with Gasteiger partial charge in [0.25, 0.3) is 0 Å². The van der Waals surface area contributed by atoms with Crippen LogP contribution >= 0.6 is 0 Å². The highest BCUT2D eigenvalue weighted by molar-refractivity contribution is 5.88. The fraction of sp³-hybridized carbons (Fsp3) is 0.483. The number of hydrogen-bond acceptors (Lipinski definition) is 7. The van der Waals surface area contributed by atoms with Crippen molar-refractivity contribution in [2.75, 3.05) is 33.2 Å². The minimum absolute atomic E-state index is 0.0848. The Morgan fingerprint density at radius 1 is 1.14 bits per heavy atom. The summed E-state index contributed by atoms with van der Waals surface area (Å²) >= 11 is 0. The average molecular weight is 501 g/mol. The molecule has 3 N–H and O–H groups in total. The molecule has 1 aliphatic carbocycles. The van der Waals surface area contributed by atoms with Gasteiger partial charge < -0.3 is 20.7 Å².